The smallest absolute Gasteiger partial charge is 0.306 e. The highest BCUT2D eigenvalue weighted by Crippen LogP contribution is 2.16. The molecule has 0 aromatic heterocycles. The molecule has 2 heteroatoms. The largest absolute Gasteiger partial charge is 0.466 e. The Morgan fingerprint density at radius 2 is 2.12 bits per heavy atom. The molecule has 0 heterocycles. The topological polar surface area (TPSA) is 26.3 Å². The zero-order chi connectivity index (χ0) is 12.7. The van der Waals surface area contributed by atoms with Gasteiger partial charge in [-0.3, -0.25) is 4.79 Å². The van der Waals surface area contributed by atoms with E-state index in [-0.39, 0.29) is 5.97 Å². The van der Waals surface area contributed by atoms with Gasteiger partial charge in [0, 0.05) is 6.42 Å². The summed E-state index contributed by atoms with van der Waals surface area (Å²) in [6, 6.07) is 6.25. The summed E-state index contributed by atoms with van der Waals surface area (Å²) in [6.07, 6.45) is 4.02. The molecule has 0 unspecified atom stereocenters. The molecule has 1 rings (SSSR count). The lowest BCUT2D eigenvalue weighted by atomic mass is 9.98. The van der Waals surface area contributed by atoms with E-state index >= 15 is 0 Å². The van der Waals surface area contributed by atoms with Gasteiger partial charge in [0.1, 0.15) is 0 Å². The van der Waals surface area contributed by atoms with Gasteiger partial charge in [-0.2, -0.15) is 0 Å². The van der Waals surface area contributed by atoms with E-state index in [1.54, 1.807) is 0 Å². The van der Waals surface area contributed by atoms with Crippen LogP contribution in [-0.2, 0) is 22.4 Å². The summed E-state index contributed by atoms with van der Waals surface area (Å²) in [4.78, 5) is 11.3. The molecule has 2 nitrogen and oxygen atoms in total. The van der Waals surface area contributed by atoms with Crippen LogP contribution in [0, 0.1) is 0 Å². The molecule has 0 spiro atoms. The fraction of sp³-hybridized carbons (Fsp3) is 0.400. The second-order valence-corrected chi connectivity index (χ2v) is 3.89. The molecular weight excluding hydrogens is 212 g/mol. The quantitative estimate of drug-likeness (QED) is 0.703. The van der Waals surface area contributed by atoms with Gasteiger partial charge in [-0.1, -0.05) is 37.8 Å². The summed E-state index contributed by atoms with van der Waals surface area (Å²) < 4.78 is 4.93. The molecule has 1 aromatic rings. The van der Waals surface area contributed by atoms with Gasteiger partial charge in [0.25, 0.3) is 0 Å². The summed E-state index contributed by atoms with van der Waals surface area (Å²) in [7, 11) is 0. The van der Waals surface area contributed by atoms with E-state index in [0.29, 0.717) is 13.0 Å². The lowest BCUT2D eigenvalue weighted by molar-refractivity contribution is -0.143. The highest BCUT2D eigenvalue weighted by Gasteiger charge is 2.06. The van der Waals surface area contributed by atoms with Crippen LogP contribution in [0.3, 0.4) is 0 Å². The SMILES string of the molecule is C=Cc1ccc(CCC(=O)OCC)c(CC)c1. The number of esters is 1. The molecule has 92 valence electrons. The van der Waals surface area contributed by atoms with Crippen molar-refractivity contribution >= 4 is 12.0 Å². The molecule has 0 saturated carbocycles. The Labute approximate surface area is 103 Å². The maximum Gasteiger partial charge on any atom is 0.306 e. The van der Waals surface area contributed by atoms with Crippen molar-refractivity contribution in [1.29, 1.82) is 0 Å². The van der Waals surface area contributed by atoms with Crippen molar-refractivity contribution in [3.63, 3.8) is 0 Å². The molecule has 0 aliphatic carbocycles. The Bertz CT molecular complexity index is 394. The Morgan fingerprint density at radius 1 is 1.35 bits per heavy atom. The van der Waals surface area contributed by atoms with E-state index in [0.717, 1.165) is 18.4 Å². The minimum absolute atomic E-state index is 0.123. The zero-order valence-electron chi connectivity index (χ0n) is 10.7. The Morgan fingerprint density at radius 3 is 2.71 bits per heavy atom. The van der Waals surface area contributed by atoms with Crippen molar-refractivity contribution in [2.24, 2.45) is 0 Å². The third kappa shape index (κ3) is 4.06. The molecule has 0 fully saturated rings. The van der Waals surface area contributed by atoms with E-state index in [4.69, 9.17) is 4.74 Å². The predicted octanol–water partition coefficient (Wildman–Crippen LogP) is 3.39. The fourth-order valence-electron chi connectivity index (χ4n) is 1.82. The molecule has 0 bridgehead atoms. The molecule has 0 amide bonds. The summed E-state index contributed by atoms with van der Waals surface area (Å²) in [5.41, 5.74) is 3.64. The average Bonchev–Trinajstić information content (AvgIpc) is 2.36. The second kappa shape index (κ2) is 6.89. The average molecular weight is 232 g/mol. The Kier molecular flexibility index (Phi) is 5.47. The number of carbonyl (C=O) groups excluding carboxylic acids is 1. The van der Waals surface area contributed by atoms with Crippen molar-refractivity contribution < 1.29 is 9.53 Å². The fourth-order valence-corrected chi connectivity index (χ4v) is 1.82. The van der Waals surface area contributed by atoms with Gasteiger partial charge in [-0.05, 0) is 36.5 Å². The van der Waals surface area contributed by atoms with Crippen LogP contribution in [0.5, 0.6) is 0 Å². The number of rotatable bonds is 6. The van der Waals surface area contributed by atoms with Crippen molar-refractivity contribution in [2.45, 2.75) is 33.1 Å². The number of hydrogen-bond donors (Lipinski definition) is 0. The van der Waals surface area contributed by atoms with Gasteiger partial charge in [0.15, 0.2) is 0 Å². The summed E-state index contributed by atoms with van der Waals surface area (Å²) in [5.74, 6) is -0.123. The van der Waals surface area contributed by atoms with Gasteiger partial charge >= 0.3 is 5.97 Å². The van der Waals surface area contributed by atoms with Gasteiger partial charge in [-0.15, -0.1) is 0 Å². The van der Waals surface area contributed by atoms with Crippen LogP contribution in [0.1, 0.15) is 37.0 Å². The minimum atomic E-state index is -0.123. The van der Waals surface area contributed by atoms with Gasteiger partial charge in [-0.25, -0.2) is 0 Å². The zero-order valence-corrected chi connectivity index (χ0v) is 10.7. The number of ether oxygens (including phenoxy) is 1. The van der Waals surface area contributed by atoms with Crippen LogP contribution < -0.4 is 0 Å². The van der Waals surface area contributed by atoms with Crippen LogP contribution in [0.25, 0.3) is 6.08 Å². The molecule has 0 radical (unpaired) electrons. The maximum absolute atomic E-state index is 11.3. The van der Waals surface area contributed by atoms with Crippen molar-refractivity contribution in [3.05, 3.63) is 41.5 Å². The predicted molar refractivity (Wildman–Crippen MR) is 70.9 cm³/mol. The molecule has 0 saturated heterocycles. The highest BCUT2D eigenvalue weighted by atomic mass is 16.5. The summed E-state index contributed by atoms with van der Waals surface area (Å²) in [5, 5.41) is 0. The van der Waals surface area contributed by atoms with Crippen LogP contribution in [-0.4, -0.2) is 12.6 Å². The third-order valence-corrected chi connectivity index (χ3v) is 2.75. The first-order chi connectivity index (χ1) is 8.21. The monoisotopic (exact) mass is 232 g/mol. The number of hydrogen-bond acceptors (Lipinski definition) is 2. The van der Waals surface area contributed by atoms with E-state index in [1.165, 1.54) is 11.1 Å². The lowest BCUT2D eigenvalue weighted by Crippen LogP contribution is -2.06. The van der Waals surface area contributed by atoms with Gasteiger partial charge in [0.2, 0.25) is 0 Å². The Balaban J connectivity index is 2.70. The minimum Gasteiger partial charge on any atom is -0.466 e. The first kappa shape index (κ1) is 13.5. The van der Waals surface area contributed by atoms with Crippen LogP contribution in [0.2, 0.25) is 0 Å². The molecule has 1 aromatic carbocycles. The highest BCUT2D eigenvalue weighted by molar-refractivity contribution is 5.69. The number of carbonyl (C=O) groups is 1. The summed E-state index contributed by atoms with van der Waals surface area (Å²) in [6.45, 7) is 8.16. The van der Waals surface area contributed by atoms with Gasteiger partial charge in [0.05, 0.1) is 6.61 Å². The van der Waals surface area contributed by atoms with Crippen molar-refractivity contribution in [3.8, 4) is 0 Å². The lowest BCUT2D eigenvalue weighted by Gasteiger charge is -2.08. The van der Waals surface area contributed by atoms with E-state index < -0.39 is 0 Å². The third-order valence-electron chi connectivity index (χ3n) is 2.75. The summed E-state index contributed by atoms with van der Waals surface area (Å²) >= 11 is 0. The Hall–Kier alpha value is -1.57. The maximum atomic E-state index is 11.3. The van der Waals surface area contributed by atoms with Crippen LogP contribution in [0.15, 0.2) is 24.8 Å². The van der Waals surface area contributed by atoms with Gasteiger partial charge < -0.3 is 4.74 Å². The number of aryl methyl sites for hydroxylation is 2. The molecular formula is C15H20O2. The van der Waals surface area contributed by atoms with E-state index in [2.05, 4.69) is 25.6 Å². The van der Waals surface area contributed by atoms with E-state index in [1.807, 2.05) is 19.1 Å². The van der Waals surface area contributed by atoms with Crippen LogP contribution in [0.4, 0.5) is 0 Å². The first-order valence-electron chi connectivity index (χ1n) is 6.11. The van der Waals surface area contributed by atoms with Crippen molar-refractivity contribution in [2.75, 3.05) is 6.61 Å². The molecule has 0 aliphatic rings. The van der Waals surface area contributed by atoms with Crippen LogP contribution >= 0.6 is 0 Å². The first-order valence-corrected chi connectivity index (χ1v) is 6.11. The molecule has 0 atom stereocenters. The second-order valence-electron chi connectivity index (χ2n) is 3.89. The normalized spacial score (nSPS) is 10.0. The van der Waals surface area contributed by atoms with E-state index in [9.17, 15) is 4.79 Å². The number of benzene rings is 1. The van der Waals surface area contributed by atoms with Crippen molar-refractivity contribution in [1.82, 2.24) is 0 Å². The molecule has 0 N–H and O–H groups in total. The molecule has 17 heavy (non-hydrogen) atoms. The molecule has 0 aliphatic heterocycles. The standard InChI is InChI=1S/C15H20O2/c1-4-12-7-8-14(13(5-2)11-12)9-10-15(16)17-6-3/h4,7-8,11H,1,5-6,9-10H2,2-3H3.